The zero-order chi connectivity index (χ0) is 30.0. The summed E-state index contributed by atoms with van der Waals surface area (Å²) >= 11 is 6.01. The molecule has 0 bridgehead atoms. The molecule has 0 N–H and O–H groups in total. The van der Waals surface area contributed by atoms with Gasteiger partial charge in [0.05, 0.1) is 36.9 Å². The van der Waals surface area contributed by atoms with Crippen LogP contribution in [0.3, 0.4) is 0 Å². The average Bonchev–Trinajstić information content (AvgIpc) is 2.87. The summed E-state index contributed by atoms with van der Waals surface area (Å²) in [5.41, 5.74) is 1.06. The fourth-order valence-corrected chi connectivity index (χ4v) is 5.59. The van der Waals surface area contributed by atoms with Crippen LogP contribution in [0.1, 0.15) is 69.1 Å². The third-order valence-corrected chi connectivity index (χ3v) is 12.7. The second-order valence-electron chi connectivity index (χ2n) is 12.0. The number of hydrogen-bond donors (Lipinski definition) is 0. The van der Waals surface area contributed by atoms with Crippen LogP contribution in [0.25, 0.3) is 10.9 Å². The fourth-order valence-electron chi connectivity index (χ4n) is 4.37. The minimum atomic E-state index is -2.09. The standard InChI is InChI=1S/C31H41ClFNO5Si/c1-10-38-30(36)23-17-34(26(19(2)3)18-39-40(8,9)31(4,5)6)25-16-27(37-7)21(15-22(25)29(23)35)14-20-12-11-13-24(32)28(20)33/h11-13,15-17,19,26H,10,14,18H2,1-9H3. The van der Waals surface area contributed by atoms with Gasteiger partial charge in [0.15, 0.2) is 8.32 Å². The van der Waals surface area contributed by atoms with Gasteiger partial charge in [-0.15, -0.1) is 0 Å². The van der Waals surface area contributed by atoms with E-state index >= 15 is 0 Å². The Morgan fingerprint density at radius 1 is 1.15 bits per heavy atom. The second kappa shape index (κ2) is 12.5. The highest BCUT2D eigenvalue weighted by Crippen LogP contribution is 2.38. The van der Waals surface area contributed by atoms with Crippen molar-refractivity contribution in [3.8, 4) is 5.75 Å². The van der Waals surface area contributed by atoms with E-state index in [0.29, 0.717) is 34.4 Å². The lowest BCUT2D eigenvalue weighted by molar-refractivity contribution is 0.0523. The van der Waals surface area contributed by atoms with Crippen LogP contribution < -0.4 is 10.2 Å². The normalized spacial score (nSPS) is 13.1. The number of ether oxygens (including phenoxy) is 2. The predicted molar refractivity (Wildman–Crippen MR) is 162 cm³/mol. The molecule has 0 aliphatic heterocycles. The van der Waals surface area contributed by atoms with Crippen LogP contribution in [0.15, 0.2) is 41.3 Å². The van der Waals surface area contributed by atoms with Crippen molar-refractivity contribution in [3.05, 3.63) is 74.3 Å². The molecule has 3 rings (SSSR count). The highest BCUT2D eigenvalue weighted by atomic mass is 35.5. The van der Waals surface area contributed by atoms with Crippen molar-refractivity contribution in [3.63, 3.8) is 0 Å². The Hall–Kier alpha value is -2.68. The van der Waals surface area contributed by atoms with Crippen molar-refractivity contribution >= 4 is 36.8 Å². The Labute approximate surface area is 242 Å². The number of rotatable bonds is 10. The summed E-state index contributed by atoms with van der Waals surface area (Å²) in [5, 5.41) is 0.358. The van der Waals surface area contributed by atoms with Gasteiger partial charge in [0, 0.05) is 24.1 Å². The van der Waals surface area contributed by atoms with Gasteiger partial charge in [0.2, 0.25) is 5.43 Å². The van der Waals surface area contributed by atoms with Crippen molar-refractivity contribution in [1.82, 2.24) is 4.57 Å². The van der Waals surface area contributed by atoms with Crippen LogP contribution in [0.5, 0.6) is 5.75 Å². The van der Waals surface area contributed by atoms with Crippen LogP contribution in [0.2, 0.25) is 23.2 Å². The number of pyridine rings is 1. The molecular formula is C31H41ClFNO5Si. The summed E-state index contributed by atoms with van der Waals surface area (Å²) in [6.45, 7) is 17.4. The molecule has 0 saturated carbocycles. The van der Waals surface area contributed by atoms with E-state index in [0.717, 1.165) is 0 Å². The number of methoxy groups -OCH3 is 1. The van der Waals surface area contributed by atoms with E-state index in [1.54, 1.807) is 37.4 Å². The van der Waals surface area contributed by atoms with Gasteiger partial charge in [-0.25, -0.2) is 9.18 Å². The van der Waals surface area contributed by atoms with Crippen molar-refractivity contribution in [2.45, 2.75) is 72.1 Å². The van der Waals surface area contributed by atoms with Crippen molar-refractivity contribution in [1.29, 1.82) is 0 Å². The minimum absolute atomic E-state index is 0.0178. The van der Waals surface area contributed by atoms with Crippen LogP contribution in [0.4, 0.5) is 4.39 Å². The number of benzene rings is 2. The maximum absolute atomic E-state index is 14.8. The first-order chi connectivity index (χ1) is 18.6. The van der Waals surface area contributed by atoms with E-state index in [1.807, 2.05) is 4.57 Å². The van der Waals surface area contributed by atoms with Crippen LogP contribution in [-0.4, -0.2) is 39.2 Å². The molecule has 0 radical (unpaired) electrons. The Morgan fingerprint density at radius 3 is 2.40 bits per heavy atom. The summed E-state index contributed by atoms with van der Waals surface area (Å²) in [6, 6.07) is 8.08. The molecule has 9 heteroatoms. The summed E-state index contributed by atoms with van der Waals surface area (Å²) in [4.78, 5) is 26.6. The smallest absolute Gasteiger partial charge is 0.343 e. The van der Waals surface area contributed by atoms with Gasteiger partial charge in [-0.05, 0) is 54.2 Å². The van der Waals surface area contributed by atoms with Gasteiger partial charge in [0.25, 0.3) is 0 Å². The van der Waals surface area contributed by atoms with Crippen LogP contribution >= 0.6 is 11.6 Å². The molecule has 40 heavy (non-hydrogen) atoms. The second-order valence-corrected chi connectivity index (χ2v) is 17.2. The fraction of sp³-hybridized carbons (Fsp3) is 0.484. The first-order valence-electron chi connectivity index (χ1n) is 13.6. The van der Waals surface area contributed by atoms with Gasteiger partial charge < -0.3 is 18.5 Å². The molecule has 1 unspecified atom stereocenters. The van der Waals surface area contributed by atoms with E-state index in [2.05, 4.69) is 47.7 Å². The molecule has 0 spiro atoms. The SMILES string of the molecule is CCOC(=O)c1cn(C(CO[Si](C)(C)C(C)(C)C)C(C)C)c2cc(OC)c(Cc3cccc(Cl)c3F)cc2c1=O. The number of fused-ring (bicyclic) bond motifs is 1. The largest absolute Gasteiger partial charge is 0.496 e. The molecule has 0 fully saturated rings. The number of carbonyl (C=O) groups excluding carboxylic acids is 1. The molecule has 3 aromatic rings. The molecule has 0 amide bonds. The topological polar surface area (TPSA) is 66.8 Å². The van der Waals surface area contributed by atoms with Crippen LogP contribution in [0, 0.1) is 11.7 Å². The summed E-state index contributed by atoms with van der Waals surface area (Å²) in [6.07, 6.45) is 1.73. The molecule has 1 heterocycles. The lowest BCUT2D eigenvalue weighted by Gasteiger charge is -2.38. The first-order valence-corrected chi connectivity index (χ1v) is 16.9. The highest BCUT2D eigenvalue weighted by molar-refractivity contribution is 6.74. The number of halogens is 2. The van der Waals surface area contributed by atoms with E-state index in [-0.39, 0.29) is 40.6 Å². The van der Waals surface area contributed by atoms with E-state index in [9.17, 15) is 14.0 Å². The third-order valence-electron chi connectivity index (χ3n) is 7.89. The molecule has 6 nitrogen and oxygen atoms in total. The highest BCUT2D eigenvalue weighted by Gasteiger charge is 2.38. The third kappa shape index (κ3) is 6.61. The van der Waals surface area contributed by atoms with Gasteiger partial charge in [-0.3, -0.25) is 4.79 Å². The summed E-state index contributed by atoms with van der Waals surface area (Å²) in [5.74, 6) is -0.602. The molecule has 2 aromatic carbocycles. The van der Waals surface area contributed by atoms with Crippen LogP contribution in [-0.2, 0) is 15.6 Å². The van der Waals surface area contributed by atoms with E-state index < -0.39 is 25.5 Å². The summed E-state index contributed by atoms with van der Waals surface area (Å²) < 4.78 is 34.3. The number of carbonyl (C=O) groups is 1. The lowest BCUT2D eigenvalue weighted by Crippen LogP contribution is -2.42. The number of aromatic nitrogens is 1. The molecular weight excluding hydrogens is 549 g/mol. The Kier molecular flexibility index (Phi) is 9.91. The monoisotopic (exact) mass is 589 g/mol. The quantitative estimate of drug-likeness (QED) is 0.178. The molecule has 1 aromatic heterocycles. The zero-order valence-corrected chi connectivity index (χ0v) is 26.7. The Bertz CT molecular complexity index is 1440. The van der Waals surface area contributed by atoms with E-state index in [1.165, 1.54) is 13.2 Å². The predicted octanol–water partition coefficient (Wildman–Crippen LogP) is 7.79. The first kappa shape index (κ1) is 31.8. The van der Waals surface area contributed by atoms with Crippen molar-refractivity contribution in [2.75, 3.05) is 20.3 Å². The lowest BCUT2D eigenvalue weighted by atomic mass is 9.98. The summed E-state index contributed by atoms with van der Waals surface area (Å²) in [7, 11) is -0.554. The Balaban J connectivity index is 2.27. The molecule has 1 atom stereocenters. The van der Waals surface area contributed by atoms with Gasteiger partial charge in [-0.1, -0.05) is 58.4 Å². The van der Waals surface area contributed by atoms with Crippen molar-refractivity contribution in [2.24, 2.45) is 5.92 Å². The molecule has 0 aliphatic carbocycles. The maximum Gasteiger partial charge on any atom is 0.343 e. The maximum atomic E-state index is 14.8. The van der Waals surface area contributed by atoms with Gasteiger partial charge in [0.1, 0.15) is 17.1 Å². The molecule has 218 valence electrons. The minimum Gasteiger partial charge on any atom is -0.496 e. The molecule has 0 saturated heterocycles. The van der Waals surface area contributed by atoms with Crippen molar-refractivity contribution < 1.29 is 23.1 Å². The number of nitrogens with zero attached hydrogens (tertiary/aromatic N) is 1. The van der Waals surface area contributed by atoms with Gasteiger partial charge in [-0.2, -0.15) is 0 Å². The van der Waals surface area contributed by atoms with E-state index in [4.69, 9.17) is 25.5 Å². The zero-order valence-electron chi connectivity index (χ0n) is 25.0. The molecule has 0 aliphatic rings. The number of esters is 1. The van der Waals surface area contributed by atoms with Gasteiger partial charge >= 0.3 is 5.97 Å². The average molecular weight is 590 g/mol. The Morgan fingerprint density at radius 2 is 1.82 bits per heavy atom. The number of hydrogen-bond acceptors (Lipinski definition) is 5.